The first kappa shape index (κ1) is 15.1. The second-order valence-corrected chi connectivity index (χ2v) is 5.88. The summed E-state index contributed by atoms with van der Waals surface area (Å²) in [5, 5.41) is 13.4. The minimum Gasteiger partial charge on any atom is -0.388 e. The van der Waals surface area contributed by atoms with Gasteiger partial charge in [0.25, 0.3) is 0 Å². The number of oxime groups is 1. The van der Waals surface area contributed by atoms with E-state index in [1.54, 1.807) is 18.5 Å². The Morgan fingerprint density at radius 1 is 1.20 bits per heavy atom. The largest absolute Gasteiger partial charge is 0.388 e. The third-order valence-electron chi connectivity index (χ3n) is 4.14. The molecule has 0 saturated carbocycles. The lowest BCUT2D eigenvalue weighted by molar-refractivity contribution is 0.103. The lowest BCUT2D eigenvalue weighted by Crippen LogP contribution is -2.12. The fourth-order valence-corrected chi connectivity index (χ4v) is 2.99. The number of nitrogens with one attached hydrogen (secondary N) is 1. The van der Waals surface area contributed by atoms with Crippen molar-refractivity contribution in [3.05, 3.63) is 54.0 Å². The summed E-state index contributed by atoms with van der Waals surface area (Å²) in [6, 6.07) is 9.58. The number of hydrogen-bond donors (Lipinski definition) is 1. The summed E-state index contributed by atoms with van der Waals surface area (Å²) >= 11 is 0. The van der Waals surface area contributed by atoms with E-state index in [0.717, 1.165) is 39.1 Å². The van der Waals surface area contributed by atoms with Gasteiger partial charge in [0.05, 0.1) is 22.4 Å². The van der Waals surface area contributed by atoms with Crippen LogP contribution in [0.3, 0.4) is 0 Å². The van der Waals surface area contributed by atoms with Crippen LogP contribution < -0.4 is 0 Å². The van der Waals surface area contributed by atoms with Gasteiger partial charge in [0, 0.05) is 29.1 Å². The highest BCUT2D eigenvalue weighted by atomic mass is 16.6. The molecule has 0 bridgehead atoms. The van der Waals surface area contributed by atoms with Crippen molar-refractivity contribution >= 4 is 22.3 Å². The number of allylic oxidation sites excluding steroid dienone is 1. The van der Waals surface area contributed by atoms with Crippen LogP contribution in [0.1, 0.15) is 25.1 Å². The fraction of sp³-hybridized carbons (Fsp3) is 0.158. The topological polar surface area (TPSA) is 87.0 Å². The van der Waals surface area contributed by atoms with Gasteiger partial charge in [0.2, 0.25) is 0 Å². The quantitative estimate of drug-likeness (QED) is 0.777. The lowest BCUT2D eigenvalue weighted by atomic mass is 9.96. The lowest BCUT2D eigenvalue weighted by Gasteiger charge is -2.17. The highest BCUT2D eigenvalue weighted by Crippen LogP contribution is 2.36. The van der Waals surface area contributed by atoms with E-state index in [9.17, 15) is 5.26 Å². The van der Waals surface area contributed by atoms with Gasteiger partial charge in [0.1, 0.15) is 17.9 Å². The molecule has 1 aliphatic heterocycles. The van der Waals surface area contributed by atoms with Crippen molar-refractivity contribution in [1.82, 2.24) is 15.0 Å². The Morgan fingerprint density at radius 2 is 2.00 bits per heavy atom. The maximum Gasteiger partial charge on any atom is 0.143 e. The molecule has 4 heterocycles. The molecule has 1 unspecified atom stereocenters. The van der Waals surface area contributed by atoms with Crippen molar-refractivity contribution < 1.29 is 4.84 Å². The van der Waals surface area contributed by atoms with E-state index in [4.69, 9.17) is 4.84 Å². The van der Waals surface area contributed by atoms with Gasteiger partial charge < -0.3 is 9.82 Å². The number of hydrogen-bond acceptors (Lipinski definition) is 5. The number of aromatic amines is 1. The molecule has 1 aliphatic rings. The smallest absolute Gasteiger partial charge is 0.143 e. The molecular formula is C19H15N5O. The second kappa shape index (κ2) is 5.87. The van der Waals surface area contributed by atoms with Gasteiger partial charge in [-0.25, -0.2) is 4.98 Å². The SMILES string of the molecule is CC1=NOC(C)C=C1c1c(-c2ccncc2)[nH]c2ccc(C#N)nc12. The fourth-order valence-electron chi connectivity index (χ4n) is 2.99. The standard InChI is InChI=1S/C19H15N5O/c1-11-9-15(12(2)24-25-11)17-18(13-5-7-21-8-6-13)23-16-4-3-14(10-20)22-19(16)17/h3-9,11,23H,1-2H3. The van der Waals surface area contributed by atoms with E-state index in [0.29, 0.717) is 5.69 Å². The summed E-state index contributed by atoms with van der Waals surface area (Å²) in [6.07, 6.45) is 5.39. The van der Waals surface area contributed by atoms with Crippen molar-refractivity contribution in [3.8, 4) is 17.3 Å². The first-order valence-electron chi connectivity index (χ1n) is 7.93. The van der Waals surface area contributed by atoms with Crippen LogP contribution >= 0.6 is 0 Å². The summed E-state index contributed by atoms with van der Waals surface area (Å²) in [4.78, 5) is 17.4. The Labute approximate surface area is 144 Å². The van der Waals surface area contributed by atoms with Gasteiger partial charge in [-0.2, -0.15) is 5.26 Å². The molecule has 3 aromatic rings. The van der Waals surface area contributed by atoms with Crippen molar-refractivity contribution in [2.24, 2.45) is 5.16 Å². The van der Waals surface area contributed by atoms with E-state index in [1.165, 1.54) is 0 Å². The van der Waals surface area contributed by atoms with E-state index in [1.807, 2.05) is 38.1 Å². The second-order valence-electron chi connectivity index (χ2n) is 5.88. The minimum atomic E-state index is -0.131. The average Bonchev–Trinajstić information content (AvgIpc) is 3.02. The maximum atomic E-state index is 9.23. The highest BCUT2D eigenvalue weighted by Gasteiger charge is 2.23. The third kappa shape index (κ3) is 2.56. The number of fused-ring (bicyclic) bond motifs is 1. The molecule has 0 fully saturated rings. The van der Waals surface area contributed by atoms with Crippen LogP contribution in [0, 0.1) is 11.3 Å². The summed E-state index contributed by atoms with van der Waals surface area (Å²) in [5.41, 5.74) is 6.58. The number of aromatic nitrogens is 3. The normalized spacial score (nSPS) is 16.8. The number of rotatable bonds is 2. The Bertz CT molecular complexity index is 1060. The maximum absolute atomic E-state index is 9.23. The Balaban J connectivity index is 2.06. The predicted octanol–water partition coefficient (Wildman–Crippen LogP) is 3.67. The Hall–Kier alpha value is -3.46. The number of pyridine rings is 2. The van der Waals surface area contributed by atoms with Gasteiger partial charge in [0.15, 0.2) is 0 Å². The Morgan fingerprint density at radius 3 is 2.76 bits per heavy atom. The molecule has 1 N–H and O–H groups in total. The number of nitrogens with zero attached hydrogens (tertiary/aromatic N) is 4. The summed E-state index contributed by atoms with van der Waals surface area (Å²) in [7, 11) is 0. The molecule has 6 heteroatoms. The molecule has 25 heavy (non-hydrogen) atoms. The van der Waals surface area contributed by atoms with Crippen LogP contribution in [0.25, 0.3) is 27.9 Å². The van der Waals surface area contributed by atoms with Crippen molar-refractivity contribution in [2.45, 2.75) is 20.0 Å². The van der Waals surface area contributed by atoms with Gasteiger partial charge in [-0.3, -0.25) is 4.98 Å². The van der Waals surface area contributed by atoms with Crippen LogP contribution in [0.15, 0.2) is 47.9 Å². The van der Waals surface area contributed by atoms with Crippen LogP contribution in [0.4, 0.5) is 0 Å². The molecule has 0 spiro atoms. The molecule has 0 saturated heterocycles. The average molecular weight is 329 g/mol. The van der Waals surface area contributed by atoms with Crippen LogP contribution in [0.5, 0.6) is 0 Å². The van der Waals surface area contributed by atoms with Crippen molar-refractivity contribution in [3.63, 3.8) is 0 Å². The molecule has 3 aromatic heterocycles. The summed E-state index contributed by atoms with van der Waals surface area (Å²) in [6.45, 7) is 3.84. The third-order valence-corrected chi connectivity index (χ3v) is 4.14. The van der Waals surface area contributed by atoms with Crippen molar-refractivity contribution in [2.75, 3.05) is 0 Å². The highest BCUT2D eigenvalue weighted by molar-refractivity contribution is 6.27. The van der Waals surface area contributed by atoms with Gasteiger partial charge in [-0.1, -0.05) is 5.16 Å². The van der Waals surface area contributed by atoms with Gasteiger partial charge >= 0.3 is 0 Å². The Kier molecular flexibility index (Phi) is 3.55. The van der Waals surface area contributed by atoms with Crippen LogP contribution in [0.2, 0.25) is 0 Å². The zero-order valence-electron chi connectivity index (χ0n) is 13.8. The zero-order valence-corrected chi connectivity index (χ0v) is 13.8. The van der Waals surface area contributed by atoms with E-state index in [2.05, 4.69) is 26.2 Å². The number of nitriles is 1. The van der Waals surface area contributed by atoms with Gasteiger partial charge in [-0.05, 0) is 44.2 Å². The first-order valence-corrected chi connectivity index (χ1v) is 7.93. The molecule has 122 valence electrons. The monoisotopic (exact) mass is 329 g/mol. The summed E-state index contributed by atoms with van der Waals surface area (Å²) in [5.74, 6) is 0. The summed E-state index contributed by atoms with van der Waals surface area (Å²) < 4.78 is 0. The molecular weight excluding hydrogens is 314 g/mol. The van der Waals surface area contributed by atoms with Crippen LogP contribution in [-0.4, -0.2) is 26.8 Å². The molecule has 0 aliphatic carbocycles. The molecule has 1 atom stereocenters. The predicted molar refractivity (Wildman–Crippen MR) is 95.7 cm³/mol. The van der Waals surface area contributed by atoms with E-state index in [-0.39, 0.29) is 6.10 Å². The zero-order chi connectivity index (χ0) is 17.4. The van der Waals surface area contributed by atoms with E-state index < -0.39 is 0 Å². The molecule has 0 radical (unpaired) electrons. The first-order chi connectivity index (χ1) is 12.2. The minimum absolute atomic E-state index is 0.131. The number of H-pyrrole nitrogens is 1. The van der Waals surface area contributed by atoms with E-state index >= 15 is 0 Å². The molecule has 4 rings (SSSR count). The van der Waals surface area contributed by atoms with Crippen LogP contribution in [-0.2, 0) is 4.84 Å². The molecule has 0 aromatic carbocycles. The van der Waals surface area contributed by atoms with Crippen molar-refractivity contribution in [1.29, 1.82) is 5.26 Å². The van der Waals surface area contributed by atoms with Gasteiger partial charge in [-0.15, -0.1) is 0 Å². The molecule has 0 amide bonds. The molecule has 6 nitrogen and oxygen atoms in total.